The summed E-state index contributed by atoms with van der Waals surface area (Å²) < 4.78 is 23.3. The first kappa shape index (κ1) is 24.3. The Morgan fingerprint density at radius 3 is 2.47 bits per heavy atom. The van der Waals surface area contributed by atoms with Crippen LogP contribution in [0.5, 0.6) is 0 Å². The fourth-order valence-electron chi connectivity index (χ4n) is 3.46. The Bertz CT molecular complexity index is 1140. The van der Waals surface area contributed by atoms with Crippen LogP contribution in [0, 0.1) is 5.92 Å². The third-order valence-corrected chi connectivity index (χ3v) is 7.45. The van der Waals surface area contributed by atoms with Crippen molar-refractivity contribution in [1.29, 1.82) is 0 Å². The van der Waals surface area contributed by atoms with Crippen LogP contribution in [0.1, 0.15) is 53.5 Å². The molecule has 1 saturated carbocycles. The number of nitrogens with zero attached hydrogens (tertiary/aromatic N) is 1. The number of halogens is 1. The topological polar surface area (TPSA) is 148 Å². The van der Waals surface area contributed by atoms with E-state index in [-0.39, 0.29) is 26.9 Å². The van der Waals surface area contributed by atoms with Crippen molar-refractivity contribution >= 4 is 61.2 Å². The summed E-state index contributed by atoms with van der Waals surface area (Å²) in [6.45, 7) is 0. The lowest BCUT2D eigenvalue weighted by Crippen LogP contribution is -2.23. The number of para-hydroxylation sites is 1. The van der Waals surface area contributed by atoms with Gasteiger partial charge in [-0.25, -0.2) is 13.4 Å². The Morgan fingerprint density at radius 2 is 1.81 bits per heavy atom. The molecule has 1 aromatic carbocycles. The van der Waals surface area contributed by atoms with Crippen molar-refractivity contribution in [3.8, 4) is 0 Å². The molecule has 9 nitrogen and oxygen atoms in total. The van der Waals surface area contributed by atoms with Crippen LogP contribution in [-0.2, 0) is 19.4 Å². The third kappa shape index (κ3) is 5.91. The van der Waals surface area contributed by atoms with Crippen molar-refractivity contribution in [3.05, 3.63) is 39.9 Å². The van der Waals surface area contributed by atoms with Crippen LogP contribution in [0.15, 0.2) is 24.3 Å². The highest BCUT2D eigenvalue weighted by Crippen LogP contribution is 2.33. The van der Waals surface area contributed by atoms with Crippen LogP contribution in [0.25, 0.3) is 0 Å². The van der Waals surface area contributed by atoms with E-state index < -0.39 is 33.4 Å². The van der Waals surface area contributed by atoms with Gasteiger partial charge < -0.3 is 16.4 Å². The van der Waals surface area contributed by atoms with E-state index >= 15 is 0 Å². The van der Waals surface area contributed by atoms with E-state index in [1.165, 1.54) is 0 Å². The number of rotatable bonds is 8. The second-order valence-corrected chi connectivity index (χ2v) is 11.4. The molecule has 4 N–H and O–H groups in total. The Hall–Kier alpha value is -2.34. The highest BCUT2D eigenvalue weighted by Gasteiger charge is 2.27. The van der Waals surface area contributed by atoms with Crippen molar-refractivity contribution in [1.82, 2.24) is 4.98 Å². The van der Waals surface area contributed by atoms with Gasteiger partial charge in [0.1, 0.15) is 16.5 Å². The maximum absolute atomic E-state index is 12.8. The lowest BCUT2D eigenvalue weighted by atomic mass is 9.95. The number of aromatic nitrogens is 1. The van der Waals surface area contributed by atoms with Crippen molar-refractivity contribution in [2.75, 3.05) is 16.9 Å². The maximum atomic E-state index is 12.8. The first-order valence-electron chi connectivity index (χ1n) is 9.90. The van der Waals surface area contributed by atoms with Crippen molar-refractivity contribution in [3.63, 3.8) is 0 Å². The molecule has 1 atom stereocenters. The van der Waals surface area contributed by atoms with Gasteiger partial charge in [0.2, 0.25) is 11.8 Å². The van der Waals surface area contributed by atoms with Crippen LogP contribution in [0.4, 0.5) is 10.8 Å². The molecular weight excluding hydrogens is 476 g/mol. The second kappa shape index (κ2) is 10.1. The third-order valence-electron chi connectivity index (χ3n) is 5.10. The number of ketones is 1. The minimum atomic E-state index is -3.63. The highest BCUT2D eigenvalue weighted by atomic mass is 35.5. The van der Waals surface area contributed by atoms with Gasteiger partial charge in [-0.2, -0.15) is 0 Å². The van der Waals surface area contributed by atoms with Gasteiger partial charge in [-0.3, -0.25) is 14.4 Å². The standard InChI is InChI=1S/C20H23ClN4O5S2/c1-32(29,30)19(22)16-18(21)31-20(25-16)24-15(27)10-14(26)23-13-9-5-4-8-12(13)17(28)11-6-2-3-7-11/h4-5,8-9,11,19H,2-3,6-7,10,22H2,1H3,(H,23,26)(H,24,25,27). The number of amides is 2. The first-order valence-corrected chi connectivity index (χ1v) is 13.0. The van der Waals surface area contributed by atoms with Crippen LogP contribution in [-0.4, -0.2) is 37.3 Å². The largest absolute Gasteiger partial charge is 0.325 e. The quantitative estimate of drug-likeness (QED) is 0.374. The smallest absolute Gasteiger partial charge is 0.235 e. The van der Waals surface area contributed by atoms with Crippen molar-refractivity contribution in [2.45, 2.75) is 37.5 Å². The SMILES string of the molecule is CS(=O)(=O)C(N)c1nc(NC(=O)CC(=O)Nc2ccccc2C(=O)C2CCCC2)sc1Cl. The van der Waals surface area contributed by atoms with Crippen LogP contribution < -0.4 is 16.4 Å². The number of carbonyl (C=O) groups excluding carboxylic acids is 3. The zero-order valence-corrected chi connectivity index (χ0v) is 19.6. The van der Waals surface area contributed by atoms with Gasteiger partial charge in [-0.05, 0) is 25.0 Å². The number of sulfone groups is 1. The van der Waals surface area contributed by atoms with Gasteiger partial charge in [0.15, 0.2) is 26.1 Å². The van der Waals surface area contributed by atoms with Crippen LogP contribution in [0.3, 0.4) is 0 Å². The minimum Gasteiger partial charge on any atom is -0.325 e. The Morgan fingerprint density at radius 1 is 1.19 bits per heavy atom. The van der Waals surface area contributed by atoms with E-state index in [0.717, 1.165) is 43.3 Å². The van der Waals surface area contributed by atoms with Crippen molar-refractivity contribution in [2.24, 2.45) is 11.7 Å². The summed E-state index contributed by atoms with van der Waals surface area (Å²) in [5, 5.41) is 3.64. The van der Waals surface area contributed by atoms with Gasteiger partial charge in [-0.15, -0.1) is 0 Å². The number of thiazole rings is 1. The predicted octanol–water partition coefficient (Wildman–Crippen LogP) is 3.14. The molecule has 1 heterocycles. The van der Waals surface area contributed by atoms with Crippen LogP contribution in [0.2, 0.25) is 4.34 Å². The normalized spacial score (nSPS) is 15.3. The number of Topliss-reactive ketones (excluding diaryl/α,β-unsaturated/α-hetero) is 1. The number of hydrogen-bond donors (Lipinski definition) is 3. The van der Waals surface area contributed by atoms with Crippen molar-refractivity contribution < 1.29 is 22.8 Å². The van der Waals surface area contributed by atoms with Gasteiger partial charge in [-0.1, -0.05) is 47.9 Å². The van der Waals surface area contributed by atoms with Gasteiger partial charge >= 0.3 is 0 Å². The molecule has 32 heavy (non-hydrogen) atoms. The summed E-state index contributed by atoms with van der Waals surface area (Å²) in [5.74, 6) is -1.33. The second-order valence-electron chi connectivity index (χ2n) is 7.59. The molecule has 3 rings (SSSR count). The molecule has 1 aliphatic rings. The lowest BCUT2D eigenvalue weighted by molar-refractivity contribution is -0.123. The number of anilines is 2. The molecular formula is C20H23ClN4O5S2. The van der Waals surface area contributed by atoms with E-state index in [4.69, 9.17) is 17.3 Å². The first-order chi connectivity index (χ1) is 15.1. The van der Waals surface area contributed by atoms with Crippen LogP contribution >= 0.6 is 22.9 Å². The Kier molecular flexibility index (Phi) is 7.65. The summed E-state index contributed by atoms with van der Waals surface area (Å²) in [5.41, 5.74) is 6.36. The van der Waals surface area contributed by atoms with Gasteiger partial charge in [0.05, 0.1) is 5.69 Å². The molecule has 12 heteroatoms. The Labute approximate surface area is 194 Å². The molecule has 0 bridgehead atoms. The minimum absolute atomic E-state index is 0.00461. The summed E-state index contributed by atoms with van der Waals surface area (Å²) >= 11 is 6.83. The fraction of sp³-hybridized carbons (Fsp3) is 0.400. The zero-order valence-electron chi connectivity index (χ0n) is 17.3. The summed E-state index contributed by atoms with van der Waals surface area (Å²) in [7, 11) is -3.63. The predicted molar refractivity (Wildman–Crippen MR) is 124 cm³/mol. The molecule has 1 aliphatic carbocycles. The number of carbonyl (C=O) groups is 3. The molecule has 0 radical (unpaired) electrons. The summed E-state index contributed by atoms with van der Waals surface area (Å²) in [6.07, 6.45) is 4.13. The number of nitrogens with two attached hydrogens (primary N) is 1. The summed E-state index contributed by atoms with van der Waals surface area (Å²) in [6, 6.07) is 6.72. The number of benzene rings is 1. The van der Waals surface area contributed by atoms with Gasteiger partial charge in [0, 0.05) is 17.7 Å². The van der Waals surface area contributed by atoms with E-state index in [1.54, 1.807) is 24.3 Å². The molecule has 1 fully saturated rings. The van der Waals surface area contributed by atoms with E-state index in [9.17, 15) is 22.8 Å². The monoisotopic (exact) mass is 498 g/mol. The van der Waals surface area contributed by atoms with E-state index in [2.05, 4.69) is 15.6 Å². The summed E-state index contributed by atoms with van der Waals surface area (Å²) in [4.78, 5) is 41.4. The molecule has 2 amide bonds. The molecule has 1 aromatic heterocycles. The number of hydrogen-bond acceptors (Lipinski definition) is 8. The molecule has 2 aromatic rings. The molecule has 172 valence electrons. The fourth-order valence-corrected chi connectivity index (χ4v) is 5.31. The number of nitrogens with one attached hydrogen (secondary N) is 2. The highest BCUT2D eigenvalue weighted by molar-refractivity contribution is 7.90. The maximum Gasteiger partial charge on any atom is 0.235 e. The zero-order chi connectivity index (χ0) is 23.5. The molecule has 1 unspecified atom stereocenters. The molecule has 0 saturated heterocycles. The molecule has 0 aliphatic heterocycles. The van der Waals surface area contributed by atoms with E-state index in [1.807, 2.05) is 0 Å². The molecule has 0 spiro atoms. The lowest BCUT2D eigenvalue weighted by Gasteiger charge is -2.13. The Balaban J connectivity index is 1.63. The van der Waals surface area contributed by atoms with Gasteiger partial charge in [0.25, 0.3) is 0 Å². The average Bonchev–Trinajstić information content (AvgIpc) is 3.36. The average molecular weight is 499 g/mol. The van der Waals surface area contributed by atoms with E-state index in [0.29, 0.717) is 11.3 Å².